The van der Waals surface area contributed by atoms with Crippen LogP contribution in [0.4, 0.5) is 17.1 Å². The van der Waals surface area contributed by atoms with Crippen LogP contribution in [0.25, 0.3) is 77.5 Å². The monoisotopic (exact) mass is 915 g/mol. The molecule has 338 valence electrons. The van der Waals surface area contributed by atoms with E-state index >= 15 is 0 Å². The Morgan fingerprint density at radius 2 is 0.653 bits per heavy atom. The van der Waals surface area contributed by atoms with Crippen LogP contribution in [-0.2, 0) is 5.41 Å². The van der Waals surface area contributed by atoms with Crippen molar-refractivity contribution in [1.82, 2.24) is 0 Å². The first kappa shape index (κ1) is 42.8. The van der Waals surface area contributed by atoms with Crippen LogP contribution >= 0.6 is 0 Å². The van der Waals surface area contributed by atoms with Gasteiger partial charge in [0.15, 0.2) is 0 Å². The van der Waals surface area contributed by atoms with Gasteiger partial charge in [0.1, 0.15) is 0 Å². The minimum absolute atomic E-state index is 0.527. The van der Waals surface area contributed by atoms with Gasteiger partial charge in [-0.3, -0.25) is 0 Å². The van der Waals surface area contributed by atoms with E-state index in [2.05, 4.69) is 302 Å². The number of anilines is 3. The van der Waals surface area contributed by atoms with Crippen LogP contribution in [0.2, 0.25) is 0 Å². The highest BCUT2D eigenvalue weighted by atomic mass is 15.1. The Morgan fingerprint density at radius 1 is 0.208 bits per heavy atom. The number of hydrogen-bond donors (Lipinski definition) is 0. The van der Waals surface area contributed by atoms with Gasteiger partial charge in [0.2, 0.25) is 0 Å². The summed E-state index contributed by atoms with van der Waals surface area (Å²) in [6.07, 6.45) is 0. The largest absolute Gasteiger partial charge is 0.310 e. The molecule has 1 aliphatic carbocycles. The molecule has 0 unspecified atom stereocenters. The van der Waals surface area contributed by atoms with E-state index in [0.29, 0.717) is 0 Å². The average molecular weight is 916 g/mol. The highest BCUT2D eigenvalue weighted by molar-refractivity contribution is 5.92. The lowest BCUT2D eigenvalue weighted by Crippen LogP contribution is -2.28. The summed E-state index contributed by atoms with van der Waals surface area (Å²) in [5, 5.41) is 2.51. The molecule has 0 saturated carbocycles. The molecule has 0 aromatic heterocycles. The zero-order valence-electron chi connectivity index (χ0n) is 39.7. The van der Waals surface area contributed by atoms with Crippen molar-refractivity contribution < 1.29 is 0 Å². The zero-order chi connectivity index (χ0) is 47.8. The number of benzene rings is 12. The first-order chi connectivity index (χ1) is 35.7. The van der Waals surface area contributed by atoms with Gasteiger partial charge >= 0.3 is 0 Å². The van der Waals surface area contributed by atoms with Gasteiger partial charge in [-0.25, -0.2) is 0 Å². The molecule has 0 radical (unpaired) electrons. The van der Waals surface area contributed by atoms with Gasteiger partial charge in [0.25, 0.3) is 0 Å². The molecule has 12 aromatic carbocycles. The van der Waals surface area contributed by atoms with E-state index in [9.17, 15) is 0 Å². The third-order valence-corrected chi connectivity index (χ3v) is 14.7. The van der Waals surface area contributed by atoms with E-state index in [0.717, 1.165) is 28.2 Å². The summed E-state index contributed by atoms with van der Waals surface area (Å²) in [4.78, 5) is 2.44. The Morgan fingerprint density at radius 3 is 1.35 bits per heavy atom. The van der Waals surface area contributed by atoms with Crippen molar-refractivity contribution in [3.63, 3.8) is 0 Å². The van der Waals surface area contributed by atoms with Crippen molar-refractivity contribution in [2.75, 3.05) is 4.90 Å². The van der Waals surface area contributed by atoms with Crippen molar-refractivity contribution in [3.05, 3.63) is 320 Å². The number of nitrogens with zero attached hydrogens (tertiary/aromatic N) is 1. The van der Waals surface area contributed by atoms with Crippen LogP contribution in [-0.4, -0.2) is 0 Å². The summed E-state index contributed by atoms with van der Waals surface area (Å²) in [5.41, 5.74) is 22.3. The molecule has 0 N–H and O–H groups in total. The maximum atomic E-state index is 2.46. The minimum Gasteiger partial charge on any atom is -0.310 e. The van der Waals surface area contributed by atoms with Gasteiger partial charge in [0.05, 0.1) is 5.41 Å². The maximum absolute atomic E-state index is 2.46. The van der Waals surface area contributed by atoms with Crippen molar-refractivity contribution in [2.24, 2.45) is 0 Å². The quantitative estimate of drug-likeness (QED) is 0.132. The van der Waals surface area contributed by atoms with Gasteiger partial charge in [-0.15, -0.1) is 0 Å². The molecule has 0 bridgehead atoms. The first-order valence-electron chi connectivity index (χ1n) is 24.9. The Balaban J connectivity index is 0.915. The highest BCUT2D eigenvalue weighted by Crippen LogP contribution is 2.57. The molecule has 0 saturated heterocycles. The third-order valence-electron chi connectivity index (χ3n) is 14.7. The molecule has 0 atom stereocenters. The van der Waals surface area contributed by atoms with Gasteiger partial charge < -0.3 is 4.90 Å². The molecule has 0 fully saturated rings. The Bertz CT molecular complexity index is 3850. The summed E-state index contributed by atoms with van der Waals surface area (Å²) >= 11 is 0. The first-order valence-corrected chi connectivity index (χ1v) is 24.9. The van der Waals surface area contributed by atoms with E-state index in [-0.39, 0.29) is 0 Å². The number of fused-ring (bicyclic) bond motifs is 4. The molecule has 1 aliphatic rings. The predicted octanol–water partition coefficient (Wildman–Crippen LogP) is 19.0. The van der Waals surface area contributed by atoms with Crippen molar-refractivity contribution >= 4 is 27.8 Å². The standard InChI is InChI=1S/C71H49N/c1-4-19-54(20-5-1)65-30-12-13-31-66(65)59-24-17-29-63(48-59)72(64-44-45-68-67-32-14-15-33-69(67)71(70(68)49-64,60-25-6-2-7-26-60)61-27-8-3-9-28-61)62-42-40-52(41-43-62)51-34-36-53(37-35-51)56-22-16-23-57(46-56)58-39-38-50-18-10-11-21-55(50)47-58/h1-49H. The smallest absolute Gasteiger partial charge is 0.0714 e. The fourth-order valence-corrected chi connectivity index (χ4v) is 11.3. The molecular weight excluding hydrogens is 867 g/mol. The summed E-state index contributed by atoms with van der Waals surface area (Å²) in [6, 6.07) is 109. The summed E-state index contributed by atoms with van der Waals surface area (Å²) in [5.74, 6) is 0. The highest BCUT2D eigenvalue weighted by Gasteiger charge is 2.46. The minimum atomic E-state index is -0.527. The van der Waals surface area contributed by atoms with Crippen LogP contribution in [0.1, 0.15) is 22.3 Å². The fourth-order valence-electron chi connectivity index (χ4n) is 11.3. The van der Waals surface area contributed by atoms with Crippen LogP contribution < -0.4 is 4.90 Å². The zero-order valence-corrected chi connectivity index (χ0v) is 39.7. The van der Waals surface area contributed by atoms with E-state index in [1.54, 1.807) is 0 Å². The summed E-state index contributed by atoms with van der Waals surface area (Å²) in [7, 11) is 0. The van der Waals surface area contributed by atoms with Gasteiger partial charge in [-0.2, -0.15) is 0 Å². The fraction of sp³-hybridized carbons (Fsp3) is 0.0141. The molecule has 0 amide bonds. The molecule has 1 heteroatoms. The third kappa shape index (κ3) is 7.51. The second kappa shape index (κ2) is 18.2. The topological polar surface area (TPSA) is 3.24 Å². The molecule has 0 spiro atoms. The van der Waals surface area contributed by atoms with Crippen molar-refractivity contribution in [1.29, 1.82) is 0 Å². The van der Waals surface area contributed by atoms with Crippen LogP contribution in [0.15, 0.2) is 297 Å². The lowest BCUT2D eigenvalue weighted by Gasteiger charge is -2.35. The lowest BCUT2D eigenvalue weighted by molar-refractivity contribution is 0.768. The van der Waals surface area contributed by atoms with Gasteiger partial charge in [0, 0.05) is 17.1 Å². The number of rotatable bonds is 10. The van der Waals surface area contributed by atoms with Crippen molar-refractivity contribution in [3.8, 4) is 66.8 Å². The molecule has 0 aliphatic heterocycles. The van der Waals surface area contributed by atoms with Crippen LogP contribution in [0.5, 0.6) is 0 Å². The summed E-state index contributed by atoms with van der Waals surface area (Å²) < 4.78 is 0. The molecule has 0 heterocycles. The second-order valence-corrected chi connectivity index (χ2v) is 18.8. The molecule has 13 rings (SSSR count). The van der Waals surface area contributed by atoms with E-state index < -0.39 is 5.41 Å². The Kier molecular flexibility index (Phi) is 10.8. The second-order valence-electron chi connectivity index (χ2n) is 18.8. The molecule has 72 heavy (non-hydrogen) atoms. The van der Waals surface area contributed by atoms with Crippen molar-refractivity contribution in [2.45, 2.75) is 5.41 Å². The molecule has 1 nitrogen and oxygen atoms in total. The predicted molar refractivity (Wildman–Crippen MR) is 303 cm³/mol. The Hall–Kier alpha value is -9.30. The van der Waals surface area contributed by atoms with E-state index in [1.807, 2.05) is 0 Å². The van der Waals surface area contributed by atoms with Gasteiger partial charge in [-0.1, -0.05) is 249 Å². The molecular formula is C71H49N. The lowest BCUT2D eigenvalue weighted by atomic mass is 9.67. The maximum Gasteiger partial charge on any atom is 0.0714 e. The summed E-state index contributed by atoms with van der Waals surface area (Å²) in [6.45, 7) is 0. The van der Waals surface area contributed by atoms with Crippen LogP contribution in [0, 0.1) is 0 Å². The molecule has 12 aromatic rings. The number of hydrogen-bond acceptors (Lipinski definition) is 1. The van der Waals surface area contributed by atoms with Gasteiger partial charge in [-0.05, 0) is 148 Å². The average Bonchev–Trinajstić information content (AvgIpc) is 3.76. The normalized spacial score (nSPS) is 12.3. The Labute approximate surface area is 422 Å². The van der Waals surface area contributed by atoms with Crippen LogP contribution in [0.3, 0.4) is 0 Å². The van der Waals surface area contributed by atoms with E-state index in [1.165, 1.54) is 88.7 Å². The van der Waals surface area contributed by atoms with E-state index in [4.69, 9.17) is 0 Å². The SMILES string of the molecule is c1ccc(-c2ccccc2-c2cccc(N(c3ccc(-c4ccc(-c5cccc(-c6ccc7ccccc7c6)c5)cc4)cc3)c3ccc4c(c3)C(c3ccccc3)(c3ccccc3)c3ccccc3-4)c2)cc1.